The molecule has 114 valence electrons. The normalized spacial score (nSPS) is 10.6. The van der Waals surface area contributed by atoms with Gasteiger partial charge in [0.1, 0.15) is 23.1 Å². The van der Waals surface area contributed by atoms with E-state index in [4.69, 9.17) is 14.2 Å². The lowest BCUT2D eigenvalue weighted by molar-refractivity contribution is 0.199. The molecule has 0 amide bonds. The van der Waals surface area contributed by atoms with Crippen molar-refractivity contribution < 1.29 is 14.2 Å². The summed E-state index contributed by atoms with van der Waals surface area (Å²) in [5.74, 6) is 1.63. The first kappa shape index (κ1) is 15.8. The van der Waals surface area contributed by atoms with E-state index >= 15 is 0 Å². The van der Waals surface area contributed by atoms with Gasteiger partial charge in [0.2, 0.25) is 0 Å². The molecule has 0 saturated heterocycles. The number of nitrogens with one attached hydrogen (secondary N) is 1. The van der Waals surface area contributed by atoms with E-state index in [0.717, 1.165) is 35.3 Å². The van der Waals surface area contributed by atoms with E-state index in [9.17, 15) is 0 Å². The third kappa shape index (κ3) is 5.34. The SMILES string of the molecule is COCCNCc1csc(COc2ccc(OC)cc2)n1. The maximum absolute atomic E-state index is 5.70. The van der Waals surface area contributed by atoms with Crippen molar-refractivity contribution in [2.45, 2.75) is 13.2 Å². The Balaban J connectivity index is 1.76. The lowest BCUT2D eigenvalue weighted by Gasteiger charge is -2.05. The summed E-state index contributed by atoms with van der Waals surface area (Å²) in [6, 6.07) is 7.53. The van der Waals surface area contributed by atoms with Gasteiger partial charge in [-0.2, -0.15) is 0 Å². The second-order valence-electron chi connectivity index (χ2n) is 4.37. The Bertz CT molecular complexity index is 528. The van der Waals surface area contributed by atoms with Crippen LogP contribution in [0.1, 0.15) is 10.7 Å². The van der Waals surface area contributed by atoms with Gasteiger partial charge in [-0.3, -0.25) is 0 Å². The monoisotopic (exact) mass is 308 g/mol. The molecule has 1 heterocycles. The van der Waals surface area contributed by atoms with Gasteiger partial charge >= 0.3 is 0 Å². The summed E-state index contributed by atoms with van der Waals surface area (Å²) in [5, 5.41) is 6.28. The molecular formula is C15H20N2O3S. The van der Waals surface area contributed by atoms with Crippen LogP contribution in [0, 0.1) is 0 Å². The number of nitrogens with zero attached hydrogens (tertiary/aromatic N) is 1. The van der Waals surface area contributed by atoms with Crippen LogP contribution in [0.15, 0.2) is 29.6 Å². The molecule has 1 N–H and O–H groups in total. The second kappa shape index (κ2) is 8.61. The summed E-state index contributed by atoms with van der Waals surface area (Å²) in [6.45, 7) is 2.76. The van der Waals surface area contributed by atoms with Crippen molar-refractivity contribution in [1.82, 2.24) is 10.3 Å². The van der Waals surface area contributed by atoms with Gasteiger partial charge in [0, 0.05) is 25.6 Å². The molecule has 5 nitrogen and oxygen atoms in total. The van der Waals surface area contributed by atoms with Crippen molar-refractivity contribution in [3.05, 3.63) is 40.3 Å². The van der Waals surface area contributed by atoms with E-state index in [-0.39, 0.29) is 0 Å². The highest BCUT2D eigenvalue weighted by Crippen LogP contribution is 2.19. The second-order valence-corrected chi connectivity index (χ2v) is 5.31. The molecule has 2 aromatic rings. The molecule has 0 bridgehead atoms. The molecular weight excluding hydrogens is 288 g/mol. The number of ether oxygens (including phenoxy) is 3. The van der Waals surface area contributed by atoms with Crippen LogP contribution < -0.4 is 14.8 Å². The summed E-state index contributed by atoms with van der Waals surface area (Å²) < 4.78 is 15.8. The molecule has 0 saturated carbocycles. The Hall–Kier alpha value is -1.63. The van der Waals surface area contributed by atoms with Crippen LogP contribution in [-0.4, -0.2) is 32.4 Å². The van der Waals surface area contributed by atoms with E-state index in [0.29, 0.717) is 13.2 Å². The van der Waals surface area contributed by atoms with Crippen LogP contribution in [0.2, 0.25) is 0 Å². The van der Waals surface area contributed by atoms with Crippen LogP contribution in [0.25, 0.3) is 0 Å². The Labute approximate surface area is 128 Å². The average molecular weight is 308 g/mol. The minimum atomic E-state index is 0.481. The summed E-state index contributed by atoms with van der Waals surface area (Å²) in [5.41, 5.74) is 1.03. The summed E-state index contributed by atoms with van der Waals surface area (Å²) in [7, 11) is 3.34. The van der Waals surface area contributed by atoms with Gasteiger partial charge in [-0.1, -0.05) is 0 Å². The third-order valence-electron chi connectivity index (χ3n) is 2.81. The molecule has 0 aliphatic rings. The van der Waals surface area contributed by atoms with Crippen molar-refractivity contribution in [2.75, 3.05) is 27.4 Å². The van der Waals surface area contributed by atoms with Gasteiger partial charge in [0.15, 0.2) is 0 Å². The molecule has 2 rings (SSSR count). The fraction of sp³-hybridized carbons (Fsp3) is 0.400. The Morgan fingerprint density at radius 3 is 2.62 bits per heavy atom. The fourth-order valence-corrected chi connectivity index (χ4v) is 2.41. The van der Waals surface area contributed by atoms with E-state index in [1.807, 2.05) is 29.6 Å². The molecule has 0 aliphatic carbocycles. The molecule has 6 heteroatoms. The van der Waals surface area contributed by atoms with Gasteiger partial charge in [0.25, 0.3) is 0 Å². The maximum Gasteiger partial charge on any atom is 0.140 e. The van der Waals surface area contributed by atoms with E-state index < -0.39 is 0 Å². The summed E-state index contributed by atoms with van der Waals surface area (Å²) in [4.78, 5) is 4.52. The molecule has 0 spiro atoms. The van der Waals surface area contributed by atoms with Gasteiger partial charge < -0.3 is 19.5 Å². The van der Waals surface area contributed by atoms with Crippen molar-refractivity contribution in [3.8, 4) is 11.5 Å². The number of rotatable bonds is 9. The lowest BCUT2D eigenvalue weighted by atomic mass is 10.3. The van der Waals surface area contributed by atoms with Crippen LogP contribution >= 0.6 is 11.3 Å². The quantitative estimate of drug-likeness (QED) is 0.721. The largest absolute Gasteiger partial charge is 0.497 e. The van der Waals surface area contributed by atoms with E-state index in [1.54, 1.807) is 25.6 Å². The molecule has 0 aliphatic heterocycles. The first-order valence-electron chi connectivity index (χ1n) is 6.71. The third-order valence-corrected chi connectivity index (χ3v) is 3.68. The number of thiazole rings is 1. The highest BCUT2D eigenvalue weighted by atomic mass is 32.1. The van der Waals surface area contributed by atoms with Crippen molar-refractivity contribution in [2.24, 2.45) is 0 Å². The number of methoxy groups -OCH3 is 2. The predicted octanol–water partition coefficient (Wildman–Crippen LogP) is 2.47. The number of benzene rings is 1. The average Bonchev–Trinajstić information content (AvgIpc) is 2.98. The lowest BCUT2D eigenvalue weighted by Crippen LogP contribution is -2.18. The Kier molecular flexibility index (Phi) is 6.46. The standard InChI is InChI=1S/C15H20N2O3S/c1-18-8-7-16-9-12-11-21-15(17-12)10-20-14-5-3-13(19-2)4-6-14/h3-6,11,16H,7-10H2,1-2H3. The van der Waals surface area contributed by atoms with Gasteiger partial charge in [-0.15, -0.1) is 11.3 Å². The molecule has 0 atom stereocenters. The Morgan fingerprint density at radius 1 is 1.14 bits per heavy atom. The number of aromatic nitrogens is 1. The van der Waals surface area contributed by atoms with Gasteiger partial charge in [0.05, 0.1) is 19.4 Å². The fourth-order valence-electron chi connectivity index (χ4n) is 1.70. The highest BCUT2D eigenvalue weighted by Gasteiger charge is 2.03. The van der Waals surface area contributed by atoms with Crippen LogP contribution in [-0.2, 0) is 17.9 Å². The smallest absolute Gasteiger partial charge is 0.140 e. The zero-order valence-corrected chi connectivity index (χ0v) is 13.1. The molecule has 21 heavy (non-hydrogen) atoms. The minimum absolute atomic E-state index is 0.481. The van der Waals surface area contributed by atoms with Crippen LogP contribution in [0.3, 0.4) is 0 Å². The van der Waals surface area contributed by atoms with E-state index in [1.165, 1.54) is 0 Å². The maximum atomic E-state index is 5.70. The number of hydrogen-bond acceptors (Lipinski definition) is 6. The van der Waals surface area contributed by atoms with Crippen LogP contribution in [0.5, 0.6) is 11.5 Å². The molecule has 0 fully saturated rings. The van der Waals surface area contributed by atoms with E-state index in [2.05, 4.69) is 10.3 Å². The van der Waals surface area contributed by atoms with Crippen LogP contribution in [0.4, 0.5) is 0 Å². The summed E-state index contributed by atoms with van der Waals surface area (Å²) >= 11 is 1.61. The summed E-state index contributed by atoms with van der Waals surface area (Å²) in [6.07, 6.45) is 0. The van der Waals surface area contributed by atoms with Gasteiger partial charge in [-0.05, 0) is 24.3 Å². The van der Waals surface area contributed by atoms with Crippen molar-refractivity contribution in [1.29, 1.82) is 0 Å². The Morgan fingerprint density at radius 2 is 1.90 bits per heavy atom. The molecule has 0 radical (unpaired) electrons. The number of hydrogen-bond donors (Lipinski definition) is 1. The van der Waals surface area contributed by atoms with Crippen molar-refractivity contribution >= 4 is 11.3 Å². The molecule has 1 aromatic heterocycles. The zero-order valence-electron chi connectivity index (χ0n) is 12.3. The molecule has 1 aromatic carbocycles. The first-order valence-corrected chi connectivity index (χ1v) is 7.59. The topological polar surface area (TPSA) is 52.6 Å². The highest BCUT2D eigenvalue weighted by molar-refractivity contribution is 7.09. The van der Waals surface area contributed by atoms with Crippen molar-refractivity contribution in [3.63, 3.8) is 0 Å². The van der Waals surface area contributed by atoms with Gasteiger partial charge in [-0.25, -0.2) is 4.98 Å². The molecule has 0 unspecified atom stereocenters. The predicted molar refractivity (Wildman–Crippen MR) is 83.0 cm³/mol. The first-order chi connectivity index (χ1) is 10.3. The minimum Gasteiger partial charge on any atom is -0.497 e. The zero-order chi connectivity index (χ0) is 14.9.